The second kappa shape index (κ2) is 8.78. The van der Waals surface area contributed by atoms with Crippen LogP contribution in [0.3, 0.4) is 0 Å². The van der Waals surface area contributed by atoms with E-state index in [0.29, 0.717) is 6.42 Å². The Hall–Kier alpha value is -3.74. The van der Waals surface area contributed by atoms with Crippen molar-refractivity contribution in [3.63, 3.8) is 0 Å². The van der Waals surface area contributed by atoms with Gasteiger partial charge in [0.05, 0.1) is 13.5 Å². The average Bonchev–Trinajstić information content (AvgIpc) is 3.28. The zero-order valence-corrected chi connectivity index (χ0v) is 18.0. The smallest absolute Gasteiger partial charge is 0.226 e. The fraction of sp³-hybridized carbons (Fsp3) is 0.280. The topological polar surface area (TPSA) is 72.6 Å². The van der Waals surface area contributed by atoms with Crippen LogP contribution in [0.15, 0.2) is 67.1 Å². The van der Waals surface area contributed by atoms with Gasteiger partial charge in [0, 0.05) is 43.2 Å². The lowest BCUT2D eigenvalue weighted by molar-refractivity contribution is -0.131. The molecule has 1 fully saturated rings. The van der Waals surface area contributed by atoms with Crippen molar-refractivity contribution in [2.24, 2.45) is 0 Å². The number of benzene rings is 1. The van der Waals surface area contributed by atoms with E-state index in [4.69, 9.17) is 14.8 Å². The van der Waals surface area contributed by atoms with Gasteiger partial charge in [-0.1, -0.05) is 12.1 Å². The number of carbonyl (C=O) groups is 1. The van der Waals surface area contributed by atoms with E-state index in [1.54, 1.807) is 19.5 Å². The maximum absolute atomic E-state index is 12.8. The number of methoxy groups -OCH3 is 1. The number of ether oxygens (including phenoxy) is 1. The summed E-state index contributed by atoms with van der Waals surface area (Å²) in [6.07, 6.45) is 7.72. The first-order chi connectivity index (χ1) is 15.7. The van der Waals surface area contributed by atoms with Crippen molar-refractivity contribution in [2.45, 2.75) is 25.2 Å². The summed E-state index contributed by atoms with van der Waals surface area (Å²) in [6.45, 7) is 1.45. The van der Waals surface area contributed by atoms with Crippen molar-refractivity contribution in [3.8, 4) is 16.9 Å². The molecule has 0 N–H and O–H groups in total. The minimum Gasteiger partial charge on any atom is -0.497 e. The van der Waals surface area contributed by atoms with Gasteiger partial charge < -0.3 is 9.64 Å². The van der Waals surface area contributed by atoms with Crippen LogP contribution in [0.25, 0.3) is 16.8 Å². The summed E-state index contributed by atoms with van der Waals surface area (Å²) in [7, 11) is 1.64. The number of fused-ring (bicyclic) bond motifs is 1. The monoisotopic (exact) mass is 427 g/mol. The first kappa shape index (κ1) is 20.2. The van der Waals surface area contributed by atoms with Crippen molar-refractivity contribution in [1.82, 2.24) is 24.5 Å². The van der Waals surface area contributed by atoms with Crippen LogP contribution in [-0.2, 0) is 11.2 Å². The number of nitrogens with zero attached hydrogens (tertiary/aromatic N) is 5. The van der Waals surface area contributed by atoms with Crippen LogP contribution in [0.4, 0.5) is 0 Å². The van der Waals surface area contributed by atoms with Gasteiger partial charge in [-0.05, 0) is 60.4 Å². The Morgan fingerprint density at radius 1 is 1.06 bits per heavy atom. The highest BCUT2D eigenvalue weighted by molar-refractivity contribution is 5.79. The van der Waals surface area contributed by atoms with E-state index in [2.05, 4.69) is 11.1 Å². The molecule has 1 aliphatic rings. The van der Waals surface area contributed by atoms with Gasteiger partial charge in [0.25, 0.3) is 0 Å². The summed E-state index contributed by atoms with van der Waals surface area (Å²) in [6, 6.07) is 15.7. The van der Waals surface area contributed by atoms with Crippen LogP contribution in [0, 0.1) is 0 Å². The van der Waals surface area contributed by atoms with Gasteiger partial charge >= 0.3 is 0 Å². The van der Waals surface area contributed by atoms with Gasteiger partial charge in [0.1, 0.15) is 5.75 Å². The number of hydrogen-bond donors (Lipinski definition) is 0. The minimum atomic E-state index is 0.154. The van der Waals surface area contributed by atoms with Crippen LogP contribution in [0.1, 0.15) is 30.1 Å². The number of carbonyl (C=O) groups excluding carboxylic acids is 1. The Labute approximate surface area is 186 Å². The Kier molecular flexibility index (Phi) is 5.54. The molecule has 162 valence electrons. The highest BCUT2D eigenvalue weighted by Gasteiger charge is 2.26. The van der Waals surface area contributed by atoms with Crippen LogP contribution < -0.4 is 4.74 Å². The number of aromatic nitrogens is 4. The second-order valence-corrected chi connectivity index (χ2v) is 8.11. The molecule has 4 heterocycles. The van der Waals surface area contributed by atoms with Crippen molar-refractivity contribution in [2.75, 3.05) is 20.2 Å². The maximum Gasteiger partial charge on any atom is 0.226 e. The number of pyridine rings is 2. The first-order valence-corrected chi connectivity index (χ1v) is 10.9. The second-order valence-electron chi connectivity index (χ2n) is 8.11. The third-order valence-corrected chi connectivity index (χ3v) is 6.06. The molecule has 5 rings (SSSR count). The fourth-order valence-corrected chi connectivity index (χ4v) is 4.24. The van der Waals surface area contributed by atoms with Gasteiger partial charge in [0.15, 0.2) is 11.5 Å². The molecule has 1 aromatic carbocycles. The number of hydrogen-bond acceptors (Lipinski definition) is 5. The van der Waals surface area contributed by atoms with E-state index in [0.717, 1.165) is 59.8 Å². The lowest BCUT2D eigenvalue weighted by Gasteiger charge is -2.31. The molecule has 3 aromatic heterocycles. The van der Waals surface area contributed by atoms with E-state index < -0.39 is 0 Å². The third-order valence-electron chi connectivity index (χ3n) is 6.06. The number of rotatable bonds is 5. The predicted octanol–water partition coefficient (Wildman–Crippen LogP) is 3.75. The van der Waals surface area contributed by atoms with Crippen LogP contribution in [-0.4, -0.2) is 50.6 Å². The molecule has 0 aliphatic carbocycles. The molecule has 0 bridgehead atoms. The molecule has 1 aliphatic heterocycles. The molecular weight excluding hydrogens is 402 g/mol. The molecule has 4 aromatic rings. The number of likely N-dealkylation sites (tertiary alicyclic amines) is 1. The van der Waals surface area contributed by atoms with Crippen molar-refractivity contribution in [1.29, 1.82) is 0 Å². The molecule has 0 atom stereocenters. The average molecular weight is 428 g/mol. The predicted molar refractivity (Wildman–Crippen MR) is 121 cm³/mol. The van der Waals surface area contributed by atoms with E-state index in [1.807, 2.05) is 58.1 Å². The van der Waals surface area contributed by atoms with E-state index in [-0.39, 0.29) is 11.8 Å². The lowest BCUT2D eigenvalue weighted by atomic mass is 9.95. The highest BCUT2D eigenvalue weighted by atomic mass is 16.5. The summed E-state index contributed by atoms with van der Waals surface area (Å²) in [5.74, 6) is 2.05. The molecule has 0 unspecified atom stereocenters. The standard InChI is InChI=1S/C25H25N5O2/c1-32-22-4-2-3-18(15-22)16-24(31)29-13-9-20(10-14-29)25-27-23-6-5-21(17-30(23)28-25)19-7-11-26-12-8-19/h2-8,11-12,15,17,20H,9-10,13-14,16H2,1H3. The van der Waals surface area contributed by atoms with E-state index in [1.165, 1.54) is 0 Å². The SMILES string of the molecule is COc1cccc(CC(=O)N2CCC(c3nc4ccc(-c5ccncc5)cn4n3)CC2)c1. The molecule has 0 saturated carbocycles. The quantitative estimate of drug-likeness (QED) is 0.485. The Morgan fingerprint density at radius 3 is 2.66 bits per heavy atom. The van der Waals surface area contributed by atoms with Crippen molar-refractivity contribution in [3.05, 3.63) is 78.5 Å². The Balaban J connectivity index is 1.24. The van der Waals surface area contributed by atoms with Crippen LogP contribution in [0.2, 0.25) is 0 Å². The summed E-state index contributed by atoms with van der Waals surface area (Å²) in [4.78, 5) is 23.6. The van der Waals surface area contributed by atoms with Gasteiger partial charge in [-0.2, -0.15) is 5.10 Å². The normalized spacial score (nSPS) is 14.6. The Morgan fingerprint density at radius 2 is 1.88 bits per heavy atom. The zero-order valence-electron chi connectivity index (χ0n) is 18.0. The van der Waals surface area contributed by atoms with Crippen LogP contribution in [0.5, 0.6) is 5.75 Å². The summed E-state index contributed by atoms with van der Waals surface area (Å²) < 4.78 is 7.11. The fourth-order valence-electron chi connectivity index (χ4n) is 4.24. The van der Waals surface area contributed by atoms with E-state index in [9.17, 15) is 4.79 Å². The maximum atomic E-state index is 12.8. The van der Waals surface area contributed by atoms with Gasteiger partial charge in [-0.25, -0.2) is 9.50 Å². The van der Waals surface area contributed by atoms with Gasteiger partial charge in [0.2, 0.25) is 5.91 Å². The van der Waals surface area contributed by atoms with Crippen molar-refractivity contribution >= 4 is 11.6 Å². The molecule has 0 spiro atoms. The molecule has 32 heavy (non-hydrogen) atoms. The summed E-state index contributed by atoms with van der Waals surface area (Å²) >= 11 is 0. The molecular formula is C25H25N5O2. The summed E-state index contributed by atoms with van der Waals surface area (Å²) in [5.41, 5.74) is 3.99. The van der Waals surface area contributed by atoms with Gasteiger partial charge in [-0.15, -0.1) is 0 Å². The highest BCUT2D eigenvalue weighted by Crippen LogP contribution is 2.27. The van der Waals surface area contributed by atoms with Crippen molar-refractivity contribution < 1.29 is 9.53 Å². The molecule has 7 heteroatoms. The molecule has 1 amide bonds. The third kappa shape index (κ3) is 4.19. The first-order valence-electron chi connectivity index (χ1n) is 10.9. The molecule has 7 nitrogen and oxygen atoms in total. The number of amides is 1. The minimum absolute atomic E-state index is 0.154. The number of piperidine rings is 1. The van der Waals surface area contributed by atoms with Gasteiger partial charge in [-0.3, -0.25) is 9.78 Å². The molecule has 1 saturated heterocycles. The molecule has 0 radical (unpaired) electrons. The van der Waals surface area contributed by atoms with Crippen LogP contribution >= 0.6 is 0 Å². The lowest BCUT2D eigenvalue weighted by Crippen LogP contribution is -2.39. The van der Waals surface area contributed by atoms with E-state index >= 15 is 0 Å². The summed E-state index contributed by atoms with van der Waals surface area (Å²) in [5, 5.41) is 4.75. The zero-order chi connectivity index (χ0) is 21.9. The largest absolute Gasteiger partial charge is 0.497 e. The Bertz CT molecular complexity index is 1230.